The Hall–Kier alpha value is -1.43. The standard InChI is InChI=1S/C15H24N4OS/c1-15(8-5-9-21-15)11-18-14(16-2)17-10-12-6-4-7-13(19-12)20-3/h4,6-7H,5,8-11H2,1-3H3,(H2,16,17,18). The summed E-state index contributed by atoms with van der Waals surface area (Å²) >= 11 is 2.04. The largest absolute Gasteiger partial charge is 0.481 e. The average molecular weight is 308 g/mol. The van der Waals surface area contributed by atoms with Crippen molar-refractivity contribution in [1.82, 2.24) is 15.6 Å². The number of pyridine rings is 1. The van der Waals surface area contributed by atoms with Gasteiger partial charge in [0.1, 0.15) is 0 Å². The Balaban J connectivity index is 1.82. The minimum atomic E-state index is 0.325. The molecular formula is C15H24N4OS. The molecule has 0 saturated carbocycles. The second-order valence-electron chi connectivity index (χ2n) is 5.35. The molecule has 0 spiro atoms. The maximum absolute atomic E-state index is 5.13. The third-order valence-corrected chi connectivity index (χ3v) is 5.12. The van der Waals surface area contributed by atoms with E-state index in [4.69, 9.17) is 4.74 Å². The van der Waals surface area contributed by atoms with E-state index in [1.165, 1.54) is 18.6 Å². The number of rotatable bonds is 5. The highest BCUT2D eigenvalue weighted by molar-refractivity contribution is 8.00. The van der Waals surface area contributed by atoms with Gasteiger partial charge in [-0.1, -0.05) is 6.07 Å². The molecule has 1 atom stereocenters. The molecule has 0 bridgehead atoms. The molecule has 5 nitrogen and oxygen atoms in total. The van der Waals surface area contributed by atoms with Gasteiger partial charge < -0.3 is 15.4 Å². The van der Waals surface area contributed by atoms with E-state index in [-0.39, 0.29) is 0 Å². The molecule has 1 aromatic heterocycles. The van der Waals surface area contributed by atoms with Gasteiger partial charge in [0, 0.05) is 24.4 Å². The van der Waals surface area contributed by atoms with Crippen molar-refractivity contribution in [2.24, 2.45) is 4.99 Å². The third kappa shape index (κ3) is 4.81. The second-order valence-corrected chi connectivity index (χ2v) is 7.04. The highest BCUT2D eigenvalue weighted by atomic mass is 32.2. The van der Waals surface area contributed by atoms with Gasteiger partial charge in [0.15, 0.2) is 5.96 Å². The molecule has 0 radical (unpaired) electrons. The van der Waals surface area contributed by atoms with Crippen LogP contribution in [0, 0.1) is 0 Å². The number of methoxy groups -OCH3 is 1. The van der Waals surface area contributed by atoms with Crippen LogP contribution in [0.1, 0.15) is 25.5 Å². The van der Waals surface area contributed by atoms with Crippen LogP contribution in [0.4, 0.5) is 0 Å². The molecule has 2 N–H and O–H groups in total. The summed E-state index contributed by atoms with van der Waals surface area (Å²) in [5, 5.41) is 6.70. The van der Waals surface area contributed by atoms with Crippen LogP contribution in [0.5, 0.6) is 5.88 Å². The first-order valence-electron chi connectivity index (χ1n) is 7.23. The van der Waals surface area contributed by atoms with Crippen LogP contribution in [-0.2, 0) is 6.54 Å². The predicted molar refractivity (Wildman–Crippen MR) is 89.1 cm³/mol. The summed E-state index contributed by atoms with van der Waals surface area (Å²) < 4.78 is 5.45. The first-order chi connectivity index (χ1) is 10.1. The maximum atomic E-state index is 5.13. The Morgan fingerprint density at radius 1 is 1.48 bits per heavy atom. The van der Waals surface area contributed by atoms with Crippen molar-refractivity contribution in [3.63, 3.8) is 0 Å². The molecule has 2 rings (SSSR count). The van der Waals surface area contributed by atoms with E-state index >= 15 is 0 Å². The number of guanidine groups is 1. The summed E-state index contributed by atoms with van der Waals surface area (Å²) in [5.74, 6) is 2.71. The van der Waals surface area contributed by atoms with Gasteiger partial charge in [-0.05, 0) is 31.6 Å². The van der Waals surface area contributed by atoms with Gasteiger partial charge in [-0.25, -0.2) is 4.98 Å². The van der Waals surface area contributed by atoms with Gasteiger partial charge in [0.2, 0.25) is 5.88 Å². The lowest BCUT2D eigenvalue weighted by Crippen LogP contribution is -2.43. The molecular weight excluding hydrogens is 284 g/mol. The molecule has 0 amide bonds. The Morgan fingerprint density at radius 2 is 2.33 bits per heavy atom. The quantitative estimate of drug-likeness (QED) is 0.644. The average Bonchev–Trinajstić information content (AvgIpc) is 2.95. The lowest BCUT2D eigenvalue weighted by Gasteiger charge is -2.24. The van der Waals surface area contributed by atoms with Crippen molar-refractivity contribution >= 4 is 17.7 Å². The van der Waals surface area contributed by atoms with Crippen LogP contribution < -0.4 is 15.4 Å². The van der Waals surface area contributed by atoms with Gasteiger partial charge in [0.05, 0.1) is 19.3 Å². The fourth-order valence-electron chi connectivity index (χ4n) is 2.31. The monoisotopic (exact) mass is 308 g/mol. The van der Waals surface area contributed by atoms with Gasteiger partial charge >= 0.3 is 0 Å². The highest BCUT2D eigenvalue weighted by Crippen LogP contribution is 2.36. The van der Waals surface area contributed by atoms with Gasteiger partial charge in [-0.2, -0.15) is 11.8 Å². The number of hydrogen-bond acceptors (Lipinski definition) is 4. The van der Waals surface area contributed by atoms with Crippen LogP contribution in [0.15, 0.2) is 23.2 Å². The number of aromatic nitrogens is 1. The Kier molecular flexibility index (Phi) is 5.73. The van der Waals surface area contributed by atoms with E-state index in [2.05, 4.69) is 27.5 Å². The highest BCUT2D eigenvalue weighted by Gasteiger charge is 2.29. The zero-order valence-corrected chi connectivity index (χ0v) is 13.8. The topological polar surface area (TPSA) is 58.5 Å². The first kappa shape index (κ1) is 15.9. The van der Waals surface area contributed by atoms with Crippen molar-refractivity contribution in [3.05, 3.63) is 23.9 Å². The molecule has 1 aliphatic heterocycles. The number of thioether (sulfide) groups is 1. The summed E-state index contributed by atoms with van der Waals surface area (Å²) in [6, 6.07) is 5.75. The van der Waals surface area contributed by atoms with Crippen LogP contribution in [0.2, 0.25) is 0 Å². The minimum Gasteiger partial charge on any atom is -0.481 e. The van der Waals surface area contributed by atoms with Crippen molar-refractivity contribution in [1.29, 1.82) is 0 Å². The molecule has 1 aromatic rings. The van der Waals surface area contributed by atoms with E-state index in [1.54, 1.807) is 14.2 Å². The number of aliphatic imine (C=N–C) groups is 1. The van der Waals surface area contributed by atoms with Crippen molar-refractivity contribution in [2.75, 3.05) is 26.5 Å². The van der Waals surface area contributed by atoms with Crippen molar-refractivity contribution in [3.8, 4) is 5.88 Å². The SMILES string of the molecule is CN=C(NCc1cccc(OC)n1)NCC1(C)CCCS1. The number of ether oxygens (including phenoxy) is 1. The number of nitrogens with one attached hydrogen (secondary N) is 2. The fourth-order valence-corrected chi connectivity index (χ4v) is 3.56. The third-order valence-electron chi connectivity index (χ3n) is 3.58. The summed E-state index contributed by atoms with van der Waals surface area (Å²) in [6.45, 7) is 3.87. The number of nitrogens with zero attached hydrogens (tertiary/aromatic N) is 2. The molecule has 21 heavy (non-hydrogen) atoms. The second kappa shape index (κ2) is 7.54. The molecule has 1 saturated heterocycles. The van der Waals surface area contributed by atoms with E-state index in [1.807, 2.05) is 30.0 Å². The normalized spacial score (nSPS) is 22.1. The van der Waals surface area contributed by atoms with Crippen LogP contribution in [-0.4, -0.2) is 42.1 Å². The molecule has 2 heterocycles. The zero-order chi connectivity index (χ0) is 15.1. The van der Waals surface area contributed by atoms with E-state index in [0.717, 1.165) is 18.2 Å². The van der Waals surface area contributed by atoms with Crippen LogP contribution in [0.25, 0.3) is 0 Å². The lowest BCUT2D eigenvalue weighted by atomic mass is 10.1. The summed E-state index contributed by atoms with van der Waals surface area (Å²) in [5.41, 5.74) is 0.929. The van der Waals surface area contributed by atoms with Gasteiger partial charge in [-0.3, -0.25) is 4.99 Å². The Morgan fingerprint density at radius 3 is 3.00 bits per heavy atom. The molecule has 6 heteroatoms. The summed E-state index contributed by atoms with van der Waals surface area (Å²) in [7, 11) is 3.42. The smallest absolute Gasteiger partial charge is 0.213 e. The van der Waals surface area contributed by atoms with E-state index in [0.29, 0.717) is 17.2 Å². The van der Waals surface area contributed by atoms with Crippen LogP contribution in [0.3, 0.4) is 0 Å². The lowest BCUT2D eigenvalue weighted by molar-refractivity contribution is 0.396. The summed E-state index contributed by atoms with van der Waals surface area (Å²) in [4.78, 5) is 8.64. The Bertz CT molecular complexity index is 486. The molecule has 116 valence electrons. The molecule has 1 fully saturated rings. The Labute approximate surface area is 131 Å². The predicted octanol–water partition coefficient (Wildman–Crippen LogP) is 2.04. The van der Waals surface area contributed by atoms with Gasteiger partial charge in [0.25, 0.3) is 0 Å². The summed E-state index contributed by atoms with van der Waals surface area (Å²) in [6.07, 6.45) is 2.57. The first-order valence-corrected chi connectivity index (χ1v) is 8.22. The minimum absolute atomic E-state index is 0.325. The number of hydrogen-bond donors (Lipinski definition) is 2. The molecule has 1 aliphatic rings. The maximum Gasteiger partial charge on any atom is 0.213 e. The molecule has 0 aromatic carbocycles. The zero-order valence-electron chi connectivity index (χ0n) is 13.0. The van der Waals surface area contributed by atoms with Crippen LogP contribution >= 0.6 is 11.8 Å². The van der Waals surface area contributed by atoms with E-state index in [9.17, 15) is 0 Å². The molecule has 1 unspecified atom stereocenters. The molecule has 0 aliphatic carbocycles. The fraction of sp³-hybridized carbons (Fsp3) is 0.600. The van der Waals surface area contributed by atoms with Gasteiger partial charge in [-0.15, -0.1) is 0 Å². The van der Waals surface area contributed by atoms with E-state index < -0.39 is 0 Å². The van der Waals surface area contributed by atoms with Crippen molar-refractivity contribution in [2.45, 2.75) is 31.1 Å². The van der Waals surface area contributed by atoms with Crippen molar-refractivity contribution < 1.29 is 4.74 Å².